The first-order valence-electron chi connectivity index (χ1n) is 2.79. The lowest BCUT2D eigenvalue weighted by molar-refractivity contribution is 0.174. The summed E-state index contributed by atoms with van der Waals surface area (Å²) in [7, 11) is 0. The summed E-state index contributed by atoms with van der Waals surface area (Å²) in [5, 5.41) is 10.8. The molecule has 10 heavy (non-hydrogen) atoms. The molecule has 0 saturated carbocycles. The van der Waals surface area contributed by atoms with E-state index in [2.05, 4.69) is 11.1 Å². The molecular weight excluding hydrogens is 132 g/mol. The number of hydrogen-bond donors (Lipinski definition) is 2. The Balaban J connectivity index is 3.14. The highest BCUT2D eigenvalue weighted by Crippen LogP contribution is 1.81. The summed E-state index contributed by atoms with van der Waals surface area (Å²) in [6.45, 7) is 0.652. The molecule has 0 amide bonds. The van der Waals surface area contributed by atoms with Crippen LogP contribution in [0.1, 0.15) is 6.42 Å². The smallest absolute Gasteiger partial charge is 0.141 e. The highest BCUT2D eigenvalue weighted by molar-refractivity contribution is 5.79. The van der Waals surface area contributed by atoms with Gasteiger partial charge in [0.25, 0.3) is 0 Å². The molecule has 4 nitrogen and oxygen atoms in total. The van der Waals surface area contributed by atoms with Crippen LogP contribution in [0.25, 0.3) is 0 Å². The molecule has 0 fully saturated rings. The van der Waals surface area contributed by atoms with Gasteiger partial charge in [0.2, 0.25) is 0 Å². The quantitative estimate of drug-likeness (QED) is 0.142. The molecule has 0 radical (unpaired) electrons. The number of rotatable bonds is 4. The summed E-state index contributed by atoms with van der Waals surface area (Å²) in [6, 6.07) is 0. The first-order chi connectivity index (χ1) is 4.81. The Kier molecular flexibility index (Phi) is 5.20. The number of nitrogens with two attached hydrogens (primary N) is 1. The standard InChI is InChI=1S/C6H10N2O2/c1-2-4-10-5-3-6(7)8-9/h1,9H,3-5H2,(H2,7,8). The van der Waals surface area contributed by atoms with Crippen LogP contribution < -0.4 is 5.73 Å². The van der Waals surface area contributed by atoms with E-state index in [1.807, 2.05) is 0 Å². The van der Waals surface area contributed by atoms with Crippen molar-refractivity contribution in [2.24, 2.45) is 10.9 Å². The molecule has 0 bridgehead atoms. The van der Waals surface area contributed by atoms with Crippen LogP contribution in [0.2, 0.25) is 0 Å². The van der Waals surface area contributed by atoms with Gasteiger partial charge in [0.1, 0.15) is 12.4 Å². The fraction of sp³-hybridized carbons (Fsp3) is 0.500. The Hall–Kier alpha value is -1.21. The molecule has 0 aliphatic heterocycles. The lowest BCUT2D eigenvalue weighted by Crippen LogP contribution is -2.14. The number of ether oxygens (including phenoxy) is 1. The second-order valence-electron chi connectivity index (χ2n) is 1.60. The molecule has 0 aromatic heterocycles. The highest BCUT2D eigenvalue weighted by atomic mass is 16.5. The minimum atomic E-state index is 0.150. The third kappa shape index (κ3) is 4.94. The van der Waals surface area contributed by atoms with Gasteiger partial charge < -0.3 is 15.7 Å². The van der Waals surface area contributed by atoms with Crippen molar-refractivity contribution in [3.05, 3.63) is 0 Å². The highest BCUT2D eigenvalue weighted by Gasteiger charge is 1.90. The molecule has 0 spiro atoms. The number of hydrogen-bond acceptors (Lipinski definition) is 3. The molecule has 0 aromatic rings. The summed E-state index contributed by atoms with van der Waals surface area (Å²) in [6.07, 6.45) is 5.29. The summed E-state index contributed by atoms with van der Waals surface area (Å²) < 4.78 is 4.85. The molecule has 0 aliphatic carbocycles. The minimum Gasteiger partial charge on any atom is -0.409 e. The van der Waals surface area contributed by atoms with Crippen molar-refractivity contribution in [1.29, 1.82) is 0 Å². The van der Waals surface area contributed by atoms with Gasteiger partial charge in [-0.3, -0.25) is 0 Å². The SMILES string of the molecule is C#CCOCCC(N)=NO. The maximum absolute atomic E-state index is 8.06. The number of terminal acetylenes is 1. The van der Waals surface area contributed by atoms with E-state index in [9.17, 15) is 0 Å². The van der Waals surface area contributed by atoms with Gasteiger partial charge in [-0.2, -0.15) is 0 Å². The van der Waals surface area contributed by atoms with E-state index in [4.69, 9.17) is 22.1 Å². The van der Waals surface area contributed by atoms with Crippen LogP contribution in [0.15, 0.2) is 5.16 Å². The van der Waals surface area contributed by atoms with Crippen molar-refractivity contribution in [2.75, 3.05) is 13.2 Å². The van der Waals surface area contributed by atoms with Crippen molar-refractivity contribution >= 4 is 5.84 Å². The Morgan fingerprint density at radius 1 is 1.80 bits per heavy atom. The Labute approximate surface area is 59.7 Å². The van der Waals surface area contributed by atoms with Crippen molar-refractivity contribution in [2.45, 2.75) is 6.42 Å². The molecule has 0 aromatic carbocycles. The average Bonchev–Trinajstić information content (AvgIpc) is 1.98. The normalized spacial score (nSPS) is 10.9. The van der Waals surface area contributed by atoms with Gasteiger partial charge in [0, 0.05) is 6.42 Å². The monoisotopic (exact) mass is 142 g/mol. The molecule has 0 aliphatic rings. The van der Waals surface area contributed by atoms with Crippen LogP contribution in [-0.2, 0) is 4.74 Å². The Bertz CT molecular complexity index is 148. The van der Waals surface area contributed by atoms with E-state index in [1.165, 1.54) is 0 Å². The topological polar surface area (TPSA) is 67.8 Å². The van der Waals surface area contributed by atoms with Gasteiger partial charge in [-0.25, -0.2) is 0 Å². The zero-order chi connectivity index (χ0) is 7.82. The van der Waals surface area contributed by atoms with Crippen LogP contribution in [0.5, 0.6) is 0 Å². The molecule has 4 heteroatoms. The minimum absolute atomic E-state index is 0.150. The van der Waals surface area contributed by atoms with Crippen LogP contribution in [0, 0.1) is 12.3 Å². The zero-order valence-corrected chi connectivity index (χ0v) is 5.58. The third-order valence-electron chi connectivity index (χ3n) is 0.816. The van der Waals surface area contributed by atoms with Crippen molar-refractivity contribution in [3.63, 3.8) is 0 Å². The lowest BCUT2D eigenvalue weighted by Gasteiger charge is -1.96. The third-order valence-corrected chi connectivity index (χ3v) is 0.816. The van der Waals surface area contributed by atoms with Crippen molar-refractivity contribution in [3.8, 4) is 12.3 Å². The molecule has 0 saturated heterocycles. The van der Waals surface area contributed by atoms with Gasteiger partial charge in [-0.1, -0.05) is 11.1 Å². The first kappa shape index (κ1) is 8.79. The Morgan fingerprint density at radius 3 is 3.00 bits per heavy atom. The number of nitrogens with zero attached hydrogens (tertiary/aromatic N) is 1. The summed E-state index contributed by atoms with van der Waals surface area (Å²) >= 11 is 0. The van der Waals surface area contributed by atoms with E-state index < -0.39 is 0 Å². The van der Waals surface area contributed by atoms with E-state index >= 15 is 0 Å². The predicted octanol–water partition coefficient (Wildman–Crippen LogP) is -0.227. The molecule has 56 valence electrons. The van der Waals surface area contributed by atoms with Crippen molar-refractivity contribution < 1.29 is 9.94 Å². The summed E-state index contributed by atoms with van der Waals surface area (Å²) in [4.78, 5) is 0. The maximum Gasteiger partial charge on any atom is 0.141 e. The van der Waals surface area contributed by atoms with Crippen LogP contribution >= 0.6 is 0 Å². The van der Waals surface area contributed by atoms with Crippen LogP contribution in [0.3, 0.4) is 0 Å². The summed E-state index contributed by atoms with van der Waals surface area (Å²) in [5.41, 5.74) is 5.12. The second kappa shape index (κ2) is 5.92. The van der Waals surface area contributed by atoms with Crippen LogP contribution in [0.4, 0.5) is 0 Å². The number of oxime groups is 1. The van der Waals surface area contributed by atoms with E-state index in [0.29, 0.717) is 13.0 Å². The van der Waals surface area contributed by atoms with Gasteiger partial charge in [0.15, 0.2) is 0 Å². The molecular formula is C6H10N2O2. The van der Waals surface area contributed by atoms with E-state index in [-0.39, 0.29) is 12.4 Å². The van der Waals surface area contributed by atoms with E-state index in [1.54, 1.807) is 0 Å². The largest absolute Gasteiger partial charge is 0.409 e. The predicted molar refractivity (Wildman–Crippen MR) is 37.7 cm³/mol. The number of amidine groups is 1. The van der Waals surface area contributed by atoms with Crippen molar-refractivity contribution in [1.82, 2.24) is 0 Å². The van der Waals surface area contributed by atoms with Gasteiger partial charge in [0.05, 0.1) is 6.61 Å². The van der Waals surface area contributed by atoms with Gasteiger partial charge >= 0.3 is 0 Å². The summed E-state index contributed by atoms with van der Waals surface area (Å²) in [5.74, 6) is 2.44. The zero-order valence-electron chi connectivity index (χ0n) is 5.58. The second-order valence-corrected chi connectivity index (χ2v) is 1.60. The molecule has 0 atom stereocenters. The maximum atomic E-state index is 8.06. The Morgan fingerprint density at radius 2 is 2.50 bits per heavy atom. The average molecular weight is 142 g/mol. The van der Waals surface area contributed by atoms with Crippen LogP contribution in [-0.4, -0.2) is 24.3 Å². The molecule has 3 N–H and O–H groups in total. The molecule has 0 rings (SSSR count). The lowest BCUT2D eigenvalue weighted by atomic mass is 10.4. The fourth-order valence-corrected chi connectivity index (χ4v) is 0.358. The molecule has 0 unspecified atom stereocenters. The van der Waals surface area contributed by atoms with Gasteiger partial charge in [-0.15, -0.1) is 6.42 Å². The van der Waals surface area contributed by atoms with Gasteiger partial charge in [-0.05, 0) is 0 Å². The fourth-order valence-electron chi connectivity index (χ4n) is 0.358. The molecule has 0 heterocycles. The van der Waals surface area contributed by atoms with E-state index in [0.717, 1.165) is 0 Å². The first-order valence-corrected chi connectivity index (χ1v) is 2.79.